The minimum atomic E-state index is -3.32. The second-order valence-corrected chi connectivity index (χ2v) is 7.99. The minimum absolute atomic E-state index is 0.0158. The Morgan fingerprint density at radius 1 is 1.36 bits per heavy atom. The number of nitrogens with one attached hydrogen (secondary N) is 1. The Labute approximate surface area is 133 Å². The fourth-order valence-corrected chi connectivity index (χ4v) is 3.74. The van der Waals surface area contributed by atoms with Gasteiger partial charge in [-0.2, -0.15) is 0 Å². The number of nitrogens with zero attached hydrogens (tertiary/aromatic N) is 1. The highest BCUT2D eigenvalue weighted by atomic mass is 32.2. The number of hydrogen-bond donors (Lipinski definition) is 1. The van der Waals surface area contributed by atoms with Crippen LogP contribution in [0.1, 0.15) is 22.2 Å². The number of benzene rings is 1. The number of sulfonamides is 1. The highest BCUT2D eigenvalue weighted by Crippen LogP contribution is 2.32. The first-order valence-electron chi connectivity index (χ1n) is 6.99. The molecule has 0 saturated heterocycles. The number of amides is 1. The predicted molar refractivity (Wildman–Crippen MR) is 89.2 cm³/mol. The van der Waals surface area contributed by atoms with E-state index in [4.69, 9.17) is 0 Å². The van der Waals surface area contributed by atoms with Crippen molar-refractivity contribution in [2.24, 2.45) is 0 Å². The van der Waals surface area contributed by atoms with E-state index in [1.54, 1.807) is 30.0 Å². The lowest BCUT2D eigenvalue weighted by Crippen LogP contribution is -2.28. The molecular weight excluding hydrogens is 320 g/mol. The summed E-state index contributed by atoms with van der Waals surface area (Å²) in [6.07, 6.45) is 0.785. The van der Waals surface area contributed by atoms with Gasteiger partial charge in [-0.25, -0.2) is 8.42 Å². The molecule has 2 aromatic rings. The van der Waals surface area contributed by atoms with Gasteiger partial charge in [-0.15, -0.1) is 11.3 Å². The molecule has 0 spiro atoms. The van der Waals surface area contributed by atoms with Crippen LogP contribution in [-0.2, 0) is 16.4 Å². The average Bonchev–Trinajstić information content (AvgIpc) is 3.15. The Bertz CT molecular complexity index is 798. The van der Waals surface area contributed by atoms with E-state index in [9.17, 15) is 13.2 Å². The van der Waals surface area contributed by atoms with Crippen molar-refractivity contribution in [1.82, 2.24) is 0 Å². The lowest BCUT2D eigenvalue weighted by molar-refractivity contribution is 0.0993. The molecule has 116 valence electrons. The molecule has 7 heteroatoms. The molecular formula is C15H16N2O3S2. The normalized spacial score (nSPS) is 14.0. The Morgan fingerprint density at radius 3 is 2.86 bits per heavy atom. The van der Waals surface area contributed by atoms with Gasteiger partial charge in [0.15, 0.2) is 0 Å². The molecule has 1 aromatic carbocycles. The highest BCUT2D eigenvalue weighted by Gasteiger charge is 2.26. The number of rotatable bonds is 4. The SMILES string of the molecule is CCS(=O)(=O)Nc1ccc2c(c1)N(C(=O)c1cccs1)CC2. The van der Waals surface area contributed by atoms with Crippen LogP contribution in [0.25, 0.3) is 0 Å². The number of carbonyl (C=O) groups is 1. The molecule has 5 nitrogen and oxygen atoms in total. The second-order valence-electron chi connectivity index (χ2n) is 5.03. The van der Waals surface area contributed by atoms with E-state index in [0.29, 0.717) is 17.1 Å². The molecule has 1 N–H and O–H groups in total. The predicted octanol–water partition coefficient (Wildman–Crippen LogP) is 2.71. The van der Waals surface area contributed by atoms with Crippen molar-refractivity contribution in [2.45, 2.75) is 13.3 Å². The summed E-state index contributed by atoms with van der Waals surface area (Å²) in [4.78, 5) is 14.9. The summed E-state index contributed by atoms with van der Waals surface area (Å²) in [5.41, 5.74) is 2.34. The van der Waals surface area contributed by atoms with Crippen molar-refractivity contribution in [3.63, 3.8) is 0 Å². The Kier molecular flexibility index (Phi) is 3.92. The maximum absolute atomic E-state index is 12.5. The van der Waals surface area contributed by atoms with Gasteiger partial charge in [0.05, 0.1) is 16.3 Å². The molecule has 0 aliphatic carbocycles. The van der Waals surface area contributed by atoms with E-state index in [1.165, 1.54) is 11.3 Å². The molecule has 0 radical (unpaired) electrons. The zero-order valence-corrected chi connectivity index (χ0v) is 13.7. The average molecular weight is 336 g/mol. The van der Waals surface area contributed by atoms with Crippen LogP contribution in [-0.4, -0.2) is 26.6 Å². The fourth-order valence-electron chi connectivity index (χ4n) is 2.44. The van der Waals surface area contributed by atoms with Gasteiger partial charge >= 0.3 is 0 Å². The standard InChI is InChI=1S/C15H16N2O3S2/c1-2-22(19,20)16-12-6-5-11-7-8-17(13(11)10-12)15(18)14-4-3-9-21-14/h3-6,9-10,16H,2,7-8H2,1H3. The summed E-state index contributed by atoms with van der Waals surface area (Å²) in [6, 6.07) is 9.01. The lowest BCUT2D eigenvalue weighted by Gasteiger charge is -2.17. The van der Waals surface area contributed by atoms with Gasteiger partial charge in [0.1, 0.15) is 0 Å². The van der Waals surface area contributed by atoms with E-state index >= 15 is 0 Å². The number of carbonyl (C=O) groups excluding carboxylic acids is 1. The largest absolute Gasteiger partial charge is 0.307 e. The third-order valence-electron chi connectivity index (χ3n) is 3.61. The molecule has 0 atom stereocenters. The van der Waals surface area contributed by atoms with Crippen LogP contribution in [0.3, 0.4) is 0 Å². The van der Waals surface area contributed by atoms with Gasteiger partial charge in [0.25, 0.3) is 5.91 Å². The van der Waals surface area contributed by atoms with E-state index in [1.807, 2.05) is 17.5 Å². The highest BCUT2D eigenvalue weighted by molar-refractivity contribution is 7.92. The van der Waals surface area contributed by atoms with Crippen LogP contribution in [0.5, 0.6) is 0 Å². The van der Waals surface area contributed by atoms with Gasteiger partial charge in [-0.3, -0.25) is 9.52 Å². The molecule has 2 heterocycles. The number of anilines is 2. The molecule has 3 rings (SSSR count). The molecule has 0 bridgehead atoms. The Hall–Kier alpha value is -1.86. The minimum Gasteiger partial charge on any atom is -0.307 e. The van der Waals surface area contributed by atoms with Crippen molar-refractivity contribution >= 4 is 38.6 Å². The number of thiophene rings is 1. The zero-order chi connectivity index (χ0) is 15.7. The van der Waals surface area contributed by atoms with Crippen LogP contribution in [0.4, 0.5) is 11.4 Å². The number of hydrogen-bond acceptors (Lipinski definition) is 4. The van der Waals surface area contributed by atoms with Crippen LogP contribution < -0.4 is 9.62 Å². The summed E-state index contributed by atoms with van der Waals surface area (Å²) in [6.45, 7) is 2.21. The van der Waals surface area contributed by atoms with Gasteiger partial charge in [0.2, 0.25) is 10.0 Å². The summed E-state index contributed by atoms with van der Waals surface area (Å²) < 4.78 is 25.9. The molecule has 22 heavy (non-hydrogen) atoms. The van der Waals surface area contributed by atoms with Gasteiger partial charge in [-0.1, -0.05) is 12.1 Å². The van der Waals surface area contributed by atoms with E-state index in [-0.39, 0.29) is 11.7 Å². The lowest BCUT2D eigenvalue weighted by atomic mass is 10.1. The van der Waals surface area contributed by atoms with Gasteiger partial charge < -0.3 is 4.90 Å². The molecule has 1 amide bonds. The van der Waals surface area contributed by atoms with Crippen LogP contribution in [0, 0.1) is 0 Å². The number of fused-ring (bicyclic) bond motifs is 1. The van der Waals surface area contributed by atoms with E-state index in [2.05, 4.69) is 4.72 Å². The summed E-state index contributed by atoms with van der Waals surface area (Å²) in [5.74, 6) is -0.0219. The van der Waals surface area contributed by atoms with Gasteiger partial charge in [0, 0.05) is 12.2 Å². The smallest absolute Gasteiger partial charge is 0.268 e. The van der Waals surface area contributed by atoms with E-state index in [0.717, 1.165) is 17.7 Å². The monoisotopic (exact) mass is 336 g/mol. The van der Waals surface area contributed by atoms with Crippen molar-refractivity contribution in [3.8, 4) is 0 Å². The van der Waals surface area contributed by atoms with Crippen molar-refractivity contribution in [3.05, 3.63) is 46.2 Å². The Morgan fingerprint density at radius 2 is 2.18 bits per heavy atom. The molecule has 0 unspecified atom stereocenters. The Balaban J connectivity index is 1.91. The topological polar surface area (TPSA) is 66.5 Å². The first kappa shape index (κ1) is 15.1. The van der Waals surface area contributed by atoms with Crippen molar-refractivity contribution in [2.75, 3.05) is 21.9 Å². The first-order valence-corrected chi connectivity index (χ1v) is 9.52. The quantitative estimate of drug-likeness (QED) is 0.933. The fraction of sp³-hybridized carbons (Fsp3) is 0.267. The summed E-state index contributed by atoms with van der Waals surface area (Å²) >= 11 is 1.41. The molecule has 1 aliphatic heterocycles. The van der Waals surface area contributed by atoms with Crippen molar-refractivity contribution < 1.29 is 13.2 Å². The van der Waals surface area contributed by atoms with Crippen LogP contribution >= 0.6 is 11.3 Å². The first-order chi connectivity index (χ1) is 10.5. The summed E-state index contributed by atoms with van der Waals surface area (Å²) in [7, 11) is -3.32. The molecule has 0 saturated carbocycles. The molecule has 0 fully saturated rings. The zero-order valence-electron chi connectivity index (χ0n) is 12.1. The van der Waals surface area contributed by atoms with Crippen LogP contribution in [0.2, 0.25) is 0 Å². The summed E-state index contributed by atoms with van der Waals surface area (Å²) in [5, 5.41) is 1.87. The van der Waals surface area contributed by atoms with Crippen molar-refractivity contribution in [1.29, 1.82) is 0 Å². The third kappa shape index (κ3) is 2.86. The second kappa shape index (κ2) is 5.73. The molecule has 1 aromatic heterocycles. The van der Waals surface area contributed by atoms with E-state index < -0.39 is 10.0 Å². The maximum atomic E-state index is 12.5. The van der Waals surface area contributed by atoms with Crippen LogP contribution in [0.15, 0.2) is 35.7 Å². The third-order valence-corrected chi connectivity index (χ3v) is 5.78. The van der Waals surface area contributed by atoms with Gasteiger partial charge in [-0.05, 0) is 42.5 Å². The maximum Gasteiger partial charge on any atom is 0.268 e. The molecule has 1 aliphatic rings.